The SMILES string of the molecule is c1ccc(-c2cnc(-n3c4cccnc4c4cc5c6ccccc6n(-c6ccccc6)c5nc43)n2-c2ccccc2)cc1. The number of para-hydroxylation sites is 3. The lowest BCUT2D eigenvalue weighted by atomic mass is 10.1. The molecule has 5 heterocycles. The summed E-state index contributed by atoms with van der Waals surface area (Å²) in [4.78, 5) is 15.4. The predicted octanol–water partition coefficient (Wildman–Crippen LogP) is 8.52. The summed E-state index contributed by atoms with van der Waals surface area (Å²) < 4.78 is 6.61. The molecule has 6 heteroatoms. The molecule has 0 radical (unpaired) electrons. The van der Waals surface area contributed by atoms with Gasteiger partial charge >= 0.3 is 0 Å². The van der Waals surface area contributed by atoms with Crippen molar-refractivity contribution in [2.75, 3.05) is 0 Å². The van der Waals surface area contributed by atoms with E-state index in [2.05, 4.69) is 123 Å². The standard InChI is InChI=1S/C37H24N6/c1-4-13-25(14-5-1)33-24-39-37(42(33)27-17-8-3-9-18-27)43-32-21-12-22-38-34(32)30-23-29-28-19-10-11-20-31(28)41(35(29)40-36(30)43)26-15-6-2-7-16-26/h1-24H. The third kappa shape index (κ3) is 3.50. The number of hydrogen-bond donors (Lipinski definition) is 0. The molecule has 0 N–H and O–H groups in total. The van der Waals surface area contributed by atoms with E-state index in [-0.39, 0.29) is 0 Å². The number of fused-ring (bicyclic) bond motifs is 6. The van der Waals surface area contributed by atoms with E-state index in [1.165, 1.54) is 0 Å². The van der Waals surface area contributed by atoms with Crippen molar-refractivity contribution in [1.29, 1.82) is 0 Å². The van der Waals surface area contributed by atoms with Gasteiger partial charge in [0.2, 0.25) is 5.95 Å². The van der Waals surface area contributed by atoms with Gasteiger partial charge in [0, 0.05) is 39.3 Å². The Hall–Kier alpha value is -6.01. The van der Waals surface area contributed by atoms with Crippen molar-refractivity contribution in [3.8, 4) is 28.6 Å². The van der Waals surface area contributed by atoms with Crippen LogP contribution in [0.3, 0.4) is 0 Å². The zero-order valence-electron chi connectivity index (χ0n) is 23.0. The largest absolute Gasteiger partial charge is 0.294 e. The highest BCUT2D eigenvalue weighted by Gasteiger charge is 2.24. The molecular weight excluding hydrogens is 528 g/mol. The fraction of sp³-hybridized carbons (Fsp3) is 0. The van der Waals surface area contributed by atoms with Gasteiger partial charge in [-0.25, -0.2) is 9.97 Å². The molecule has 0 saturated heterocycles. The topological polar surface area (TPSA) is 53.5 Å². The van der Waals surface area contributed by atoms with Crippen molar-refractivity contribution >= 4 is 44.0 Å². The quantitative estimate of drug-likeness (QED) is 0.220. The number of benzene rings is 4. The van der Waals surface area contributed by atoms with Crippen LogP contribution in [-0.2, 0) is 0 Å². The first-order valence-electron chi connectivity index (χ1n) is 14.3. The lowest BCUT2D eigenvalue weighted by Crippen LogP contribution is -2.07. The van der Waals surface area contributed by atoms with Crippen molar-refractivity contribution in [1.82, 2.24) is 28.7 Å². The molecular formula is C37H24N6. The average Bonchev–Trinajstić information content (AvgIpc) is 3.75. The molecule has 43 heavy (non-hydrogen) atoms. The molecule has 9 rings (SSSR count). The van der Waals surface area contributed by atoms with Gasteiger partial charge in [0.1, 0.15) is 5.65 Å². The summed E-state index contributed by atoms with van der Waals surface area (Å²) in [6, 6.07) is 46.0. The molecule has 0 spiro atoms. The van der Waals surface area contributed by atoms with Gasteiger partial charge in [0.15, 0.2) is 5.65 Å². The molecule has 4 aromatic carbocycles. The third-order valence-electron chi connectivity index (χ3n) is 8.17. The summed E-state index contributed by atoms with van der Waals surface area (Å²) in [6.45, 7) is 0. The molecule has 0 aliphatic carbocycles. The highest BCUT2D eigenvalue weighted by molar-refractivity contribution is 6.15. The second-order valence-corrected chi connectivity index (χ2v) is 10.6. The monoisotopic (exact) mass is 552 g/mol. The van der Waals surface area contributed by atoms with Crippen molar-refractivity contribution in [3.63, 3.8) is 0 Å². The predicted molar refractivity (Wildman–Crippen MR) is 173 cm³/mol. The Labute approximate surface area is 246 Å². The van der Waals surface area contributed by atoms with Crippen LogP contribution in [-0.4, -0.2) is 28.7 Å². The summed E-state index contributed by atoms with van der Waals surface area (Å²) >= 11 is 0. The average molecular weight is 553 g/mol. The first kappa shape index (κ1) is 23.7. The molecule has 0 aliphatic heterocycles. The second kappa shape index (κ2) is 9.26. The number of nitrogens with zero attached hydrogens (tertiary/aromatic N) is 6. The molecule has 0 atom stereocenters. The van der Waals surface area contributed by atoms with Crippen LogP contribution in [0.15, 0.2) is 146 Å². The van der Waals surface area contributed by atoms with Crippen LogP contribution in [0, 0.1) is 0 Å². The van der Waals surface area contributed by atoms with Crippen LogP contribution in [0.4, 0.5) is 0 Å². The molecule has 9 aromatic rings. The van der Waals surface area contributed by atoms with E-state index in [0.29, 0.717) is 0 Å². The fourth-order valence-electron chi connectivity index (χ4n) is 6.30. The Kier molecular flexibility index (Phi) is 5.10. The Morgan fingerprint density at radius 3 is 1.86 bits per heavy atom. The van der Waals surface area contributed by atoms with E-state index in [0.717, 1.165) is 72.6 Å². The van der Waals surface area contributed by atoms with Crippen LogP contribution < -0.4 is 0 Å². The van der Waals surface area contributed by atoms with E-state index in [9.17, 15) is 0 Å². The van der Waals surface area contributed by atoms with Gasteiger partial charge in [-0.15, -0.1) is 0 Å². The number of rotatable bonds is 4. The van der Waals surface area contributed by atoms with Crippen molar-refractivity contribution in [3.05, 3.63) is 146 Å². The first-order valence-corrected chi connectivity index (χ1v) is 14.3. The Bertz CT molecular complexity index is 2430. The maximum absolute atomic E-state index is 5.45. The number of imidazole rings is 1. The molecule has 202 valence electrons. The molecule has 0 aliphatic rings. The first-order chi connectivity index (χ1) is 21.4. The fourth-order valence-corrected chi connectivity index (χ4v) is 6.30. The van der Waals surface area contributed by atoms with Crippen molar-refractivity contribution in [2.45, 2.75) is 0 Å². The number of aromatic nitrogens is 6. The van der Waals surface area contributed by atoms with Gasteiger partial charge in [-0.3, -0.25) is 18.7 Å². The molecule has 0 fully saturated rings. The minimum atomic E-state index is 0.757. The van der Waals surface area contributed by atoms with Crippen LogP contribution in [0.2, 0.25) is 0 Å². The summed E-state index contributed by atoms with van der Waals surface area (Å²) in [7, 11) is 0. The highest BCUT2D eigenvalue weighted by Crippen LogP contribution is 2.38. The van der Waals surface area contributed by atoms with Crippen molar-refractivity contribution in [2.24, 2.45) is 0 Å². The van der Waals surface area contributed by atoms with E-state index < -0.39 is 0 Å². The van der Waals surface area contributed by atoms with Gasteiger partial charge in [-0.1, -0.05) is 84.9 Å². The molecule has 6 nitrogen and oxygen atoms in total. The second-order valence-electron chi connectivity index (χ2n) is 10.6. The van der Waals surface area contributed by atoms with E-state index in [1.807, 2.05) is 36.7 Å². The van der Waals surface area contributed by atoms with Crippen LogP contribution in [0.25, 0.3) is 72.6 Å². The zero-order chi connectivity index (χ0) is 28.3. The van der Waals surface area contributed by atoms with Crippen molar-refractivity contribution < 1.29 is 0 Å². The molecule has 0 unspecified atom stereocenters. The highest BCUT2D eigenvalue weighted by atomic mass is 15.3. The van der Waals surface area contributed by atoms with Gasteiger partial charge < -0.3 is 0 Å². The minimum Gasteiger partial charge on any atom is -0.294 e. The summed E-state index contributed by atoms with van der Waals surface area (Å²) in [6.07, 6.45) is 3.80. The van der Waals surface area contributed by atoms with Crippen LogP contribution in [0.5, 0.6) is 0 Å². The molecule has 0 amide bonds. The van der Waals surface area contributed by atoms with Gasteiger partial charge in [-0.05, 0) is 48.5 Å². The summed E-state index contributed by atoms with van der Waals surface area (Å²) in [5.74, 6) is 0.757. The minimum absolute atomic E-state index is 0.757. The molecule has 0 saturated carbocycles. The van der Waals surface area contributed by atoms with E-state index in [4.69, 9.17) is 15.0 Å². The number of pyridine rings is 2. The van der Waals surface area contributed by atoms with Gasteiger partial charge in [0.25, 0.3) is 0 Å². The van der Waals surface area contributed by atoms with Gasteiger partial charge in [-0.2, -0.15) is 0 Å². The summed E-state index contributed by atoms with van der Waals surface area (Å²) in [5.41, 5.74) is 8.84. The Balaban J connectivity index is 1.44. The van der Waals surface area contributed by atoms with Crippen LogP contribution in [0.1, 0.15) is 0 Å². The maximum Gasteiger partial charge on any atom is 0.221 e. The Morgan fingerprint density at radius 2 is 1.09 bits per heavy atom. The van der Waals surface area contributed by atoms with E-state index >= 15 is 0 Å². The smallest absolute Gasteiger partial charge is 0.221 e. The number of hydrogen-bond acceptors (Lipinski definition) is 3. The molecule has 0 bridgehead atoms. The third-order valence-corrected chi connectivity index (χ3v) is 8.17. The zero-order valence-corrected chi connectivity index (χ0v) is 23.0. The maximum atomic E-state index is 5.45. The lowest BCUT2D eigenvalue weighted by molar-refractivity contribution is 0.932. The summed E-state index contributed by atoms with van der Waals surface area (Å²) in [5, 5.41) is 3.24. The normalized spacial score (nSPS) is 11.7. The van der Waals surface area contributed by atoms with Crippen LogP contribution >= 0.6 is 0 Å². The van der Waals surface area contributed by atoms with Gasteiger partial charge in [0.05, 0.1) is 28.4 Å². The lowest BCUT2D eigenvalue weighted by Gasteiger charge is -2.14. The van der Waals surface area contributed by atoms with E-state index in [1.54, 1.807) is 0 Å². The molecule has 5 aromatic heterocycles. The Morgan fingerprint density at radius 1 is 0.465 bits per heavy atom.